The zero-order chi connectivity index (χ0) is 17.6. The zero-order valence-corrected chi connectivity index (χ0v) is 14.1. The topological polar surface area (TPSA) is 89.4 Å². The van der Waals surface area contributed by atoms with Gasteiger partial charge in [-0.15, -0.1) is 0 Å². The lowest BCUT2D eigenvalue weighted by Gasteiger charge is -2.33. The summed E-state index contributed by atoms with van der Waals surface area (Å²) in [5.74, 6) is 0.650. The minimum atomic E-state index is -0.312. The van der Waals surface area contributed by atoms with Crippen LogP contribution in [0.3, 0.4) is 0 Å². The number of nitrogens with zero attached hydrogens (tertiary/aromatic N) is 4. The van der Waals surface area contributed by atoms with E-state index in [9.17, 15) is 9.59 Å². The number of aryl methyl sites for hydroxylation is 1. The lowest BCUT2D eigenvalue weighted by atomic mass is 10.2. The van der Waals surface area contributed by atoms with E-state index >= 15 is 0 Å². The molecule has 1 saturated heterocycles. The molecule has 3 rings (SSSR count). The van der Waals surface area contributed by atoms with Crippen LogP contribution in [-0.4, -0.2) is 52.1 Å². The van der Waals surface area contributed by atoms with E-state index in [0.717, 1.165) is 0 Å². The summed E-state index contributed by atoms with van der Waals surface area (Å²) in [6.45, 7) is 1.78. The van der Waals surface area contributed by atoms with Crippen molar-refractivity contribution in [2.24, 2.45) is 0 Å². The van der Waals surface area contributed by atoms with E-state index in [1.54, 1.807) is 42.7 Å². The molecule has 0 aliphatic carbocycles. The first-order valence-electron chi connectivity index (χ1n) is 8.22. The molecule has 2 aromatic heterocycles. The number of ether oxygens (including phenoxy) is 1. The fraction of sp³-hybridized carbons (Fsp3) is 0.412. The molecule has 1 aliphatic heterocycles. The van der Waals surface area contributed by atoms with Gasteiger partial charge in [0.05, 0.1) is 13.2 Å². The van der Waals surface area contributed by atoms with E-state index in [0.29, 0.717) is 37.8 Å². The van der Waals surface area contributed by atoms with Crippen molar-refractivity contribution >= 4 is 11.7 Å². The van der Waals surface area contributed by atoms with E-state index in [1.165, 1.54) is 10.6 Å². The second-order valence-corrected chi connectivity index (χ2v) is 5.72. The number of aromatic nitrogens is 3. The Labute approximate surface area is 145 Å². The highest BCUT2D eigenvalue weighted by Crippen LogP contribution is 2.25. The predicted molar refractivity (Wildman–Crippen MR) is 92.2 cm³/mol. The second kappa shape index (κ2) is 7.89. The van der Waals surface area contributed by atoms with Crippen molar-refractivity contribution in [1.29, 1.82) is 0 Å². The molecule has 0 spiro atoms. The van der Waals surface area contributed by atoms with Crippen LogP contribution in [0.25, 0.3) is 0 Å². The maximum absolute atomic E-state index is 12.5. The van der Waals surface area contributed by atoms with Crippen LogP contribution in [0.15, 0.2) is 41.6 Å². The van der Waals surface area contributed by atoms with Gasteiger partial charge in [-0.2, -0.15) is 0 Å². The molecule has 1 amide bonds. The lowest BCUT2D eigenvalue weighted by Crippen LogP contribution is -2.43. The number of amides is 1. The Morgan fingerprint density at radius 2 is 2.20 bits per heavy atom. The number of nitrogens with one attached hydrogen (secondary N) is 1. The summed E-state index contributed by atoms with van der Waals surface area (Å²) in [5, 5.41) is 2.99. The van der Waals surface area contributed by atoms with Crippen LogP contribution in [0, 0.1) is 0 Å². The van der Waals surface area contributed by atoms with Crippen LogP contribution in [0.2, 0.25) is 0 Å². The van der Waals surface area contributed by atoms with Gasteiger partial charge in [0.1, 0.15) is 17.6 Å². The van der Waals surface area contributed by atoms with Gasteiger partial charge in [0.25, 0.3) is 5.56 Å². The summed E-state index contributed by atoms with van der Waals surface area (Å²) in [7, 11) is 1.77. The zero-order valence-electron chi connectivity index (χ0n) is 14.1. The van der Waals surface area contributed by atoms with Gasteiger partial charge < -0.3 is 19.5 Å². The Morgan fingerprint density at radius 1 is 1.36 bits per heavy atom. The number of hydrogen-bond acceptors (Lipinski definition) is 6. The summed E-state index contributed by atoms with van der Waals surface area (Å²) >= 11 is 0. The standard InChI is InChI=1S/C17H21N5O3/c1-18-17-16(19-6-7-20-17)13-12-22(10-11-25-13)15(24)5-9-21-8-3-2-4-14(21)23/h2-4,6-8,13H,5,9-12H2,1H3,(H,18,20)/t13-/m0/s1. The largest absolute Gasteiger partial charge is 0.372 e. The minimum absolute atomic E-state index is 0.000971. The van der Waals surface area contributed by atoms with Gasteiger partial charge in [-0.3, -0.25) is 14.6 Å². The molecule has 3 heterocycles. The quantitative estimate of drug-likeness (QED) is 0.858. The number of pyridine rings is 1. The van der Waals surface area contributed by atoms with Gasteiger partial charge in [-0.1, -0.05) is 6.07 Å². The number of morpholine rings is 1. The van der Waals surface area contributed by atoms with Gasteiger partial charge in [0.2, 0.25) is 5.91 Å². The summed E-state index contributed by atoms with van der Waals surface area (Å²) in [6.07, 6.45) is 4.88. The first-order chi connectivity index (χ1) is 12.2. The number of hydrogen-bond donors (Lipinski definition) is 1. The molecule has 1 fully saturated rings. The average molecular weight is 343 g/mol. The molecule has 0 unspecified atom stereocenters. The normalized spacial score (nSPS) is 17.3. The van der Waals surface area contributed by atoms with Crippen molar-refractivity contribution in [1.82, 2.24) is 19.4 Å². The molecule has 1 N–H and O–H groups in total. The van der Waals surface area contributed by atoms with E-state index < -0.39 is 0 Å². The highest BCUT2D eigenvalue weighted by atomic mass is 16.5. The maximum Gasteiger partial charge on any atom is 0.250 e. The molecule has 2 aromatic rings. The Balaban J connectivity index is 1.64. The molecule has 132 valence electrons. The summed E-state index contributed by atoms with van der Waals surface area (Å²) in [4.78, 5) is 34.6. The van der Waals surface area contributed by atoms with Gasteiger partial charge in [-0.05, 0) is 6.07 Å². The van der Waals surface area contributed by atoms with Crippen LogP contribution < -0.4 is 10.9 Å². The molecule has 0 saturated carbocycles. The van der Waals surface area contributed by atoms with Gasteiger partial charge in [0, 0.05) is 51.2 Å². The van der Waals surface area contributed by atoms with Crippen molar-refractivity contribution in [2.75, 3.05) is 32.1 Å². The molecule has 8 heteroatoms. The summed E-state index contributed by atoms with van der Waals surface area (Å²) < 4.78 is 7.32. The molecular weight excluding hydrogens is 322 g/mol. The molecular formula is C17H21N5O3. The van der Waals surface area contributed by atoms with Gasteiger partial charge in [0.15, 0.2) is 0 Å². The first kappa shape index (κ1) is 17.1. The van der Waals surface area contributed by atoms with Crippen LogP contribution in [0.1, 0.15) is 18.2 Å². The van der Waals surface area contributed by atoms with Crippen molar-refractivity contribution in [3.63, 3.8) is 0 Å². The molecule has 0 aromatic carbocycles. The van der Waals surface area contributed by atoms with Crippen molar-refractivity contribution in [3.05, 3.63) is 52.8 Å². The highest BCUT2D eigenvalue weighted by molar-refractivity contribution is 5.76. The Bertz CT molecular complexity index is 792. The first-order valence-corrected chi connectivity index (χ1v) is 8.22. The van der Waals surface area contributed by atoms with Crippen LogP contribution in [0.5, 0.6) is 0 Å². The van der Waals surface area contributed by atoms with Crippen molar-refractivity contribution < 1.29 is 9.53 Å². The molecule has 1 atom stereocenters. The molecule has 8 nitrogen and oxygen atoms in total. The summed E-state index contributed by atoms with van der Waals surface area (Å²) in [5.41, 5.74) is 0.593. The smallest absolute Gasteiger partial charge is 0.250 e. The summed E-state index contributed by atoms with van der Waals surface area (Å²) in [6, 6.07) is 4.96. The number of rotatable bonds is 5. The van der Waals surface area contributed by atoms with Crippen LogP contribution in [0.4, 0.5) is 5.82 Å². The SMILES string of the molecule is CNc1nccnc1[C@@H]1CN(C(=O)CCn2ccccc2=O)CCO1. The Hall–Kier alpha value is -2.74. The third-order valence-corrected chi connectivity index (χ3v) is 4.15. The number of carbonyl (C=O) groups is 1. The van der Waals surface area contributed by atoms with Gasteiger partial charge in [-0.25, -0.2) is 4.98 Å². The monoisotopic (exact) mass is 343 g/mol. The fourth-order valence-electron chi connectivity index (χ4n) is 2.84. The molecule has 1 aliphatic rings. The predicted octanol–water partition coefficient (Wildman–Crippen LogP) is 0.670. The number of anilines is 1. The van der Waals surface area contributed by atoms with Crippen LogP contribution >= 0.6 is 0 Å². The van der Waals surface area contributed by atoms with E-state index in [-0.39, 0.29) is 24.0 Å². The minimum Gasteiger partial charge on any atom is -0.372 e. The fourth-order valence-corrected chi connectivity index (χ4v) is 2.84. The van der Waals surface area contributed by atoms with Gasteiger partial charge >= 0.3 is 0 Å². The number of carbonyl (C=O) groups excluding carboxylic acids is 1. The molecule has 25 heavy (non-hydrogen) atoms. The Morgan fingerprint density at radius 3 is 3.00 bits per heavy atom. The average Bonchev–Trinajstić information content (AvgIpc) is 2.67. The third-order valence-electron chi connectivity index (χ3n) is 4.15. The Kier molecular flexibility index (Phi) is 5.39. The van der Waals surface area contributed by atoms with Crippen LogP contribution in [-0.2, 0) is 16.1 Å². The van der Waals surface area contributed by atoms with E-state index in [4.69, 9.17) is 4.74 Å². The molecule has 0 radical (unpaired) electrons. The lowest BCUT2D eigenvalue weighted by molar-refractivity contribution is -0.139. The maximum atomic E-state index is 12.5. The van der Waals surface area contributed by atoms with E-state index in [2.05, 4.69) is 15.3 Å². The second-order valence-electron chi connectivity index (χ2n) is 5.72. The van der Waals surface area contributed by atoms with E-state index in [1.807, 2.05) is 0 Å². The van der Waals surface area contributed by atoms with Crippen molar-refractivity contribution in [3.8, 4) is 0 Å². The van der Waals surface area contributed by atoms with Crippen molar-refractivity contribution in [2.45, 2.75) is 19.1 Å². The third kappa shape index (κ3) is 4.03. The highest BCUT2D eigenvalue weighted by Gasteiger charge is 2.28. The molecule has 0 bridgehead atoms.